The Bertz CT molecular complexity index is 237. The first-order chi connectivity index (χ1) is 7.05. The van der Waals surface area contributed by atoms with Crippen molar-refractivity contribution in [3.63, 3.8) is 0 Å². The highest BCUT2D eigenvalue weighted by Gasteiger charge is 2.35. The molecule has 8 heteroatoms. The molecule has 16 heavy (non-hydrogen) atoms. The summed E-state index contributed by atoms with van der Waals surface area (Å²) in [6, 6.07) is 0. The molecule has 0 rings (SSSR count). The Labute approximate surface area is 87.1 Å². The smallest absolute Gasteiger partial charge is 0.448 e. The normalized spacial score (nSPS) is 12.1. The van der Waals surface area contributed by atoms with Crippen LogP contribution in [0.15, 0.2) is 24.7 Å². The summed E-state index contributed by atoms with van der Waals surface area (Å²) < 4.78 is 78.6. The van der Waals surface area contributed by atoms with Gasteiger partial charge in [0, 0.05) is 0 Å². The Hall–Kier alpha value is -1.34. The molecule has 0 fully saturated rings. The van der Waals surface area contributed by atoms with Crippen LogP contribution in [0.4, 0.5) is 26.3 Å². The highest BCUT2D eigenvalue weighted by molar-refractivity contribution is 4.93. The van der Waals surface area contributed by atoms with E-state index in [0.29, 0.717) is 0 Å². The van der Waals surface area contributed by atoms with Gasteiger partial charge >= 0.3 is 12.4 Å². The molecular formula is C8H8F6O2. The second kappa shape index (κ2) is 5.13. The molecule has 0 N–H and O–H groups in total. The highest BCUT2D eigenvalue weighted by Crippen LogP contribution is 2.26. The van der Waals surface area contributed by atoms with Crippen molar-refractivity contribution in [3.05, 3.63) is 24.7 Å². The minimum absolute atomic E-state index is 0.701. The molecular weight excluding hydrogens is 242 g/mol. The van der Waals surface area contributed by atoms with Crippen molar-refractivity contribution in [1.29, 1.82) is 0 Å². The fourth-order valence-corrected chi connectivity index (χ4v) is 0.493. The predicted molar refractivity (Wildman–Crippen MR) is 42.3 cm³/mol. The van der Waals surface area contributed by atoms with Gasteiger partial charge in [-0.3, -0.25) is 0 Å². The number of ether oxygens (including phenoxy) is 2. The van der Waals surface area contributed by atoms with Gasteiger partial charge in [-0.25, -0.2) is 0 Å². The maximum atomic E-state index is 11.8. The first kappa shape index (κ1) is 14.7. The average molecular weight is 250 g/mol. The summed E-state index contributed by atoms with van der Waals surface area (Å²) in [4.78, 5) is 0. The highest BCUT2D eigenvalue weighted by atomic mass is 19.4. The summed E-state index contributed by atoms with van der Waals surface area (Å²) >= 11 is 0. The Morgan fingerprint density at radius 2 is 1.00 bits per heavy atom. The third-order valence-electron chi connectivity index (χ3n) is 1.27. The van der Waals surface area contributed by atoms with Crippen molar-refractivity contribution >= 4 is 0 Å². The molecule has 0 aromatic heterocycles. The minimum Gasteiger partial charge on any atom is -0.486 e. The second-order valence-corrected chi connectivity index (χ2v) is 2.54. The lowest BCUT2D eigenvalue weighted by Crippen LogP contribution is -2.18. The van der Waals surface area contributed by atoms with Gasteiger partial charge in [0.25, 0.3) is 0 Å². The third-order valence-corrected chi connectivity index (χ3v) is 1.27. The van der Waals surface area contributed by atoms with Gasteiger partial charge in [-0.15, -0.1) is 0 Å². The zero-order valence-corrected chi connectivity index (χ0v) is 7.91. The first-order valence-corrected chi connectivity index (χ1v) is 3.83. The standard InChI is InChI=1S/C8H8F6O2/c1-5(7(9,10)11)15-3-4-16-6(2)8(12,13)14/h1-4H2. The van der Waals surface area contributed by atoms with E-state index in [0.717, 1.165) is 0 Å². The Balaban J connectivity index is 3.79. The van der Waals surface area contributed by atoms with Crippen LogP contribution in [0.2, 0.25) is 0 Å². The molecule has 0 heterocycles. The summed E-state index contributed by atoms with van der Waals surface area (Å²) in [5, 5.41) is 0. The molecule has 0 bridgehead atoms. The van der Waals surface area contributed by atoms with E-state index in [2.05, 4.69) is 22.6 Å². The Kier molecular flexibility index (Phi) is 4.70. The summed E-state index contributed by atoms with van der Waals surface area (Å²) in [6.07, 6.45) is -9.47. The van der Waals surface area contributed by atoms with Crippen LogP contribution < -0.4 is 0 Å². The topological polar surface area (TPSA) is 18.5 Å². The van der Waals surface area contributed by atoms with Gasteiger partial charge < -0.3 is 9.47 Å². The molecule has 0 unspecified atom stereocenters. The van der Waals surface area contributed by atoms with Gasteiger partial charge in [-0.2, -0.15) is 26.3 Å². The van der Waals surface area contributed by atoms with Crippen molar-refractivity contribution in [1.82, 2.24) is 0 Å². The molecule has 0 saturated carbocycles. The fourth-order valence-electron chi connectivity index (χ4n) is 0.493. The van der Waals surface area contributed by atoms with Crippen LogP contribution in [-0.4, -0.2) is 25.6 Å². The van der Waals surface area contributed by atoms with Crippen molar-refractivity contribution in [2.75, 3.05) is 13.2 Å². The predicted octanol–water partition coefficient (Wildman–Crippen LogP) is 3.17. The second-order valence-electron chi connectivity index (χ2n) is 2.54. The van der Waals surface area contributed by atoms with Crippen molar-refractivity contribution in [3.8, 4) is 0 Å². The number of allylic oxidation sites excluding steroid dienone is 2. The van der Waals surface area contributed by atoms with Gasteiger partial charge in [0.1, 0.15) is 13.2 Å². The van der Waals surface area contributed by atoms with Crippen molar-refractivity contribution in [2.45, 2.75) is 12.4 Å². The lowest BCUT2D eigenvalue weighted by atomic mass is 10.5. The molecule has 0 aromatic rings. The van der Waals surface area contributed by atoms with Crippen molar-refractivity contribution in [2.24, 2.45) is 0 Å². The molecule has 0 aromatic carbocycles. The summed E-state index contributed by atoms with van der Waals surface area (Å²) in [6.45, 7) is 3.69. The lowest BCUT2D eigenvalue weighted by molar-refractivity contribution is -0.143. The van der Waals surface area contributed by atoms with Gasteiger partial charge in [-0.1, -0.05) is 13.2 Å². The number of hydrogen-bond acceptors (Lipinski definition) is 2. The largest absolute Gasteiger partial charge is 0.486 e. The minimum atomic E-state index is -4.74. The fraction of sp³-hybridized carbons (Fsp3) is 0.500. The van der Waals surface area contributed by atoms with Crippen LogP contribution in [-0.2, 0) is 9.47 Å². The number of rotatable bonds is 5. The number of alkyl halides is 6. The molecule has 0 amide bonds. The van der Waals surface area contributed by atoms with E-state index in [1.54, 1.807) is 0 Å². The monoisotopic (exact) mass is 250 g/mol. The maximum Gasteiger partial charge on any atom is 0.448 e. The van der Waals surface area contributed by atoms with Gasteiger partial charge in [0.05, 0.1) is 0 Å². The quantitative estimate of drug-likeness (QED) is 0.424. The van der Waals surface area contributed by atoms with E-state index in [1.807, 2.05) is 0 Å². The average Bonchev–Trinajstić information content (AvgIpc) is 2.08. The Morgan fingerprint density at radius 1 is 0.750 bits per heavy atom. The molecule has 0 aliphatic rings. The summed E-state index contributed by atoms with van der Waals surface area (Å²) in [7, 11) is 0. The molecule has 0 aliphatic heterocycles. The maximum absolute atomic E-state index is 11.8. The number of halogens is 6. The van der Waals surface area contributed by atoms with Crippen LogP contribution in [0.5, 0.6) is 0 Å². The van der Waals surface area contributed by atoms with Gasteiger partial charge in [0.15, 0.2) is 11.5 Å². The van der Waals surface area contributed by atoms with Gasteiger partial charge in [0.2, 0.25) is 0 Å². The lowest BCUT2D eigenvalue weighted by Gasteiger charge is -2.14. The van der Waals surface area contributed by atoms with Crippen LogP contribution in [0.1, 0.15) is 0 Å². The van der Waals surface area contributed by atoms with Crippen LogP contribution in [0, 0.1) is 0 Å². The molecule has 0 aliphatic carbocycles. The molecule has 2 nitrogen and oxygen atoms in total. The van der Waals surface area contributed by atoms with E-state index >= 15 is 0 Å². The SMILES string of the molecule is C=C(OCCOC(=C)C(F)(F)F)C(F)(F)F. The first-order valence-electron chi connectivity index (χ1n) is 3.83. The van der Waals surface area contributed by atoms with Crippen molar-refractivity contribution < 1.29 is 35.8 Å². The van der Waals surface area contributed by atoms with Crippen LogP contribution in [0.25, 0.3) is 0 Å². The molecule has 0 saturated heterocycles. The molecule has 0 radical (unpaired) electrons. The van der Waals surface area contributed by atoms with E-state index in [9.17, 15) is 26.3 Å². The van der Waals surface area contributed by atoms with Crippen LogP contribution >= 0.6 is 0 Å². The summed E-state index contributed by atoms with van der Waals surface area (Å²) in [5.74, 6) is -2.98. The van der Waals surface area contributed by atoms with Crippen LogP contribution in [0.3, 0.4) is 0 Å². The summed E-state index contributed by atoms with van der Waals surface area (Å²) in [5.41, 5.74) is 0. The molecule has 0 atom stereocenters. The molecule has 0 spiro atoms. The zero-order valence-electron chi connectivity index (χ0n) is 7.91. The Morgan fingerprint density at radius 3 is 1.19 bits per heavy atom. The van der Waals surface area contributed by atoms with E-state index in [4.69, 9.17) is 0 Å². The zero-order chi connectivity index (χ0) is 13.0. The third kappa shape index (κ3) is 5.52. The number of hydrogen-bond donors (Lipinski definition) is 0. The van der Waals surface area contributed by atoms with Gasteiger partial charge in [-0.05, 0) is 0 Å². The van der Waals surface area contributed by atoms with E-state index < -0.39 is 37.1 Å². The molecule has 94 valence electrons. The van der Waals surface area contributed by atoms with E-state index in [-0.39, 0.29) is 0 Å². The van der Waals surface area contributed by atoms with E-state index in [1.165, 1.54) is 0 Å².